The van der Waals surface area contributed by atoms with E-state index in [-0.39, 0.29) is 0 Å². The van der Waals surface area contributed by atoms with E-state index in [9.17, 15) is 0 Å². The summed E-state index contributed by atoms with van der Waals surface area (Å²) < 4.78 is 11.3. The number of aliphatic imine (C=N–C) groups is 1. The predicted molar refractivity (Wildman–Crippen MR) is 103 cm³/mol. The lowest BCUT2D eigenvalue weighted by atomic mass is 10.1. The van der Waals surface area contributed by atoms with Gasteiger partial charge in [-0.2, -0.15) is 0 Å². The van der Waals surface area contributed by atoms with Crippen molar-refractivity contribution in [3.8, 4) is 11.5 Å². The van der Waals surface area contributed by atoms with Gasteiger partial charge in [-0.25, -0.2) is 0 Å². The molecule has 0 saturated carbocycles. The molecule has 0 aliphatic heterocycles. The van der Waals surface area contributed by atoms with Crippen LogP contribution in [0.1, 0.15) is 12.5 Å². The Kier molecular flexibility index (Phi) is 8.18. The molecule has 0 radical (unpaired) electrons. The van der Waals surface area contributed by atoms with E-state index in [1.54, 1.807) is 7.05 Å². The maximum atomic E-state index is 5.66. The average Bonchev–Trinajstić information content (AvgIpc) is 2.66. The number of benzene rings is 2. The number of guanidine groups is 1. The van der Waals surface area contributed by atoms with Crippen LogP contribution in [-0.2, 0) is 6.42 Å². The molecule has 0 heterocycles. The highest BCUT2D eigenvalue weighted by atomic mass is 16.5. The van der Waals surface area contributed by atoms with E-state index in [4.69, 9.17) is 9.47 Å². The molecule has 2 rings (SSSR count). The van der Waals surface area contributed by atoms with Gasteiger partial charge in [-0.05, 0) is 37.1 Å². The number of hydrogen-bond donors (Lipinski definition) is 2. The van der Waals surface area contributed by atoms with Gasteiger partial charge in [0.1, 0.15) is 18.1 Å². The van der Waals surface area contributed by atoms with E-state index >= 15 is 0 Å². The van der Waals surface area contributed by atoms with Crippen molar-refractivity contribution in [2.45, 2.75) is 13.3 Å². The van der Waals surface area contributed by atoms with Crippen molar-refractivity contribution >= 4 is 5.96 Å². The third-order valence-electron chi connectivity index (χ3n) is 3.59. The van der Waals surface area contributed by atoms with Crippen LogP contribution >= 0.6 is 0 Å². The molecular formula is C20H27N3O2. The number of hydrogen-bond acceptors (Lipinski definition) is 3. The Labute approximate surface area is 150 Å². The van der Waals surface area contributed by atoms with Crippen molar-refractivity contribution in [1.29, 1.82) is 0 Å². The van der Waals surface area contributed by atoms with Gasteiger partial charge in [0.15, 0.2) is 5.96 Å². The molecule has 25 heavy (non-hydrogen) atoms. The van der Waals surface area contributed by atoms with Crippen molar-refractivity contribution in [2.75, 3.05) is 33.4 Å². The first-order valence-electron chi connectivity index (χ1n) is 8.66. The van der Waals surface area contributed by atoms with Crippen LogP contribution < -0.4 is 20.1 Å². The molecule has 0 saturated heterocycles. The van der Waals surface area contributed by atoms with Crippen LogP contribution in [0.4, 0.5) is 0 Å². The summed E-state index contributed by atoms with van der Waals surface area (Å²) in [5.74, 6) is 2.59. The van der Waals surface area contributed by atoms with Gasteiger partial charge in [0.05, 0.1) is 13.2 Å². The van der Waals surface area contributed by atoms with Gasteiger partial charge < -0.3 is 20.1 Å². The zero-order chi connectivity index (χ0) is 17.7. The molecule has 0 bridgehead atoms. The van der Waals surface area contributed by atoms with Gasteiger partial charge >= 0.3 is 0 Å². The summed E-state index contributed by atoms with van der Waals surface area (Å²) in [5.41, 5.74) is 1.19. The minimum Gasteiger partial charge on any atom is -0.494 e. The normalized spacial score (nSPS) is 11.0. The van der Waals surface area contributed by atoms with E-state index in [1.807, 2.05) is 55.5 Å². The number of nitrogens with one attached hydrogen (secondary N) is 2. The van der Waals surface area contributed by atoms with Crippen molar-refractivity contribution in [1.82, 2.24) is 10.6 Å². The molecule has 0 aliphatic rings. The summed E-state index contributed by atoms with van der Waals surface area (Å²) >= 11 is 0. The number of rotatable bonds is 9. The first-order chi connectivity index (χ1) is 12.3. The third kappa shape index (κ3) is 6.75. The highest BCUT2D eigenvalue weighted by Crippen LogP contribution is 2.17. The molecule has 2 aromatic carbocycles. The van der Waals surface area contributed by atoms with E-state index in [0.29, 0.717) is 19.8 Å². The van der Waals surface area contributed by atoms with Crippen LogP contribution in [0.25, 0.3) is 0 Å². The van der Waals surface area contributed by atoms with Crippen LogP contribution in [0.15, 0.2) is 59.6 Å². The summed E-state index contributed by atoms with van der Waals surface area (Å²) in [6, 6.07) is 17.9. The highest BCUT2D eigenvalue weighted by Gasteiger charge is 2.03. The van der Waals surface area contributed by atoms with Gasteiger partial charge in [0, 0.05) is 13.6 Å². The lowest BCUT2D eigenvalue weighted by Crippen LogP contribution is -2.40. The Morgan fingerprint density at radius 1 is 0.920 bits per heavy atom. The smallest absolute Gasteiger partial charge is 0.191 e. The van der Waals surface area contributed by atoms with Gasteiger partial charge in [-0.3, -0.25) is 4.99 Å². The monoisotopic (exact) mass is 341 g/mol. The maximum Gasteiger partial charge on any atom is 0.191 e. The molecule has 0 unspecified atom stereocenters. The predicted octanol–water partition coefficient (Wildman–Crippen LogP) is 2.87. The molecule has 0 aliphatic carbocycles. The highest BCUT2D eigenvalue weighted by molar-refractivity contribution is 5.79. The summed E-state index contributed by atoms with van der Waals surface area (Å²) in [6.07, 6.45) is 0.872. The van der Waals surface area contributed by atoms with E-state index in [0.717, 1.165) is 30.4 Å². The zero-order valence-electron chi connectivity index (χ0n) is 15.0. The maximum absolute atomic E-state index is 5.66. The van der Waals surface area contributed by atoms with Crippen LogP contribution in [0.5, 0.6) is 11.5 Å². The first kappa shape index (κ1) is 18.6. The SMILES string of the molecule is CCOc1ccccc1CCNC(=NC)NCCOc1ccccc1. The van der Waals surface area contributed by atoms with Crippen LogP contribution in [0.3, 0.4) is 0 Å². The van der Waals surface area contributed by atoms with Gasteiger partial charge in [-0.1, -0.05) is 36.4 Å². The van der Waals surface area contributed by atoms with Crippen molar-refractivity contribution in [3.05, 3.63) is 60.2 Å². The molecule has 5 heteroatoms. The minimum atomic E-state index is 0.581. The number of nitrogens with zero attached hydrogens (tertiary/aromatic N) is 1. The van der Waals surface area contributed by atoms with Crippen molar-refractivity contribution in [2.24, 2.45) is 4.99 Å². The molecule has 2 N–H and O–H groups in total. The second-order valence-corrected chi connectivity index (χ2v) is 5.38. The van der Waals surface area contributed by atoms with Crippen LogP contribution in [0, 0.1) is 0 Å². The minimum absolute atomic E-state index is 0.581. The van der Waals surface area contributed by atoms with Crippen molar-refractivity contribution < 1.29 is 9.47 Å². The Morgan fingerprint density at radius 2 is 1.64 bits per heavy atom. The zero-order valence-corrected chi connectivity index (χ0v) is 15.0. The third-order valence-corrected chi connectivity index (χ3v) is 3.59. The molecule has 0 fully saturated rings. The number of para-hydroxylation sites is 2. The Bertz CT molecular complexity index is 644. The lowest BCUT2D eigenvalue weighted by molar-refractivity contribution is 0.322. The van der Waals surface area contributed by atoms with Gasteiger partial charge in [0.2, 0.25) is 0 Å². The Balaban J connectivity index is 1.68. The summed E-state index contributed by atoms with van der Waals surface area (Å²) in [7, 11) is 1.77. The standard InChI is InChI=1S/C20H27N3O2/c1-3-24-19-12-8-7-9-17(19)13-14-22-20(21-2)23-15-16-25-18-10-5-4-6-11-18/h4-12H,3,13-16H2,1-2H3,(H2,21,22,23). The molecule has 134 valence electrons. The van der Waals surface area contributed by atoms with E-state index in [1.165, 1.54) is 5.56 Å². The quantitative estimate of drug-likeness (QED) is 0.418. The second-order valence-electron chi connectivity index (χ2n) is 5.38. The molecule has 2 aromatic rings. The molecule has 0 spiro atoms. The largest absolute Gasteiger partial charge is 0.494 e. The van der Waals surface area contributed by atoms with Gasteiger partial charge in [-0.15, -0.1) is 0 Å². The van der Waals surface area contributed by atoms with E-state index < -0.39 is 0 Å². The Hall–Kier alpha value is -2.69. The fourth-order valence-electron chi connectivity index (χ4n) is 2.40. The summed E-state index contributed by atoms with van der Waals surface area (Å²) in [4.78, 5) is 4.23. The number of ether oxygens (including phenoxy) is 2. The molecule has 0 atom stereocenters. The van der Waals surface area contributed by atoms with Crippen LogP contribution in [0.2, 0.25) is 0 Å². The van der Waals surface area contributed by atoms with E-state index in [2.05, 4.69) is 21.7 Å². The summed E-state index contributed by atoms with van der Waals surface area (Å²) in [6.45, 7) is 4.72. The molecular weight excluding hydrogens is 314 g/mol. The second kappa shape index (κ2) is 11.0. The molecule has 0 amide bonds. The fraction of sp³-hybridized carbons (Fsp3) is 0.350. The molecule has 0 aromatic heterocycles. The molecule has 5 nitrogen and oxygen atoms in total. The summed E-state index contributed by atoms with van der Waals surface area (Å²) in [5, 5.41) is 6.56. The van der Waals surface area contributed by atoms with Gasteiger partial charge in [0.25, 0.3) is 0 Å². The first-order valence-corrected chi connectivity index (χ1v) is 8.66. The Morgan fingerprint density at radius 3 is 2.40 bits per heavy atom. The van der Waals surface area contributed by atoms with Crippen LogP contribution in [-0.4, -0.2) is 39.3 Å². The topological polar surface area (TPSA) is 54.9 Å². The average molecular weight is 341 g/mol. The lowest BCUT2D eigenvalue weighted by Gasteiger charge is -2.14. The van der Waals surface area contributed by atoms with Crippen molar-refractivity contribution in [3.63, 3.8) is 0 Å². The fourth-order valence-corrected chi connectivity index (χ4v) is 2.40.